The summed E-state index contributed by atoms with van der Waals surface area (Å²) in [6.45, 7) is -0.0238. The predicted octanol–water partition coefficient (Wildman–Crippen LogP) is 0.811. The summed E-state index contributed by atoms with van der Waals surface area (Å²) in [5.41, 5.74) is 0.514. The lowest BCUT2D eigenvalue weighted by molar-refractivity contribution is -0.128. The van der Waals surface area contributed by atoms with Crippen LogP contribution in [0.25, 0.3) is 0 Å². The molecule has 1 fully saturated rings. The van der Waals surface area contributed by atoms with Crippen molar-refractivity contribution in [2.45, 2.75) is 0 Å². The van der Waals surface area contributed by atoms with Crippen molar-refractivity contribution in [1.82, 2.24) is 5.32 Å². The van der Waals surface area contributed by atoms with Gasteiger partial charge in [0.15, 0.2) is 0 Å². The number of nitrogens with one attached hydrogen (secondary N) is 1. The largest absolute Gasteiger partial charge is 0.495 e. The van der Waals surface area contributed by atoms with Gasteiger partial charge < -0.3 is 10.1 Å². The van der Waals surface area contributed by atoms with E-state index in [1.165, 1.54) is 12.0 Å². The molecule has 0 saturated carbocycles. The maximum absolute atomic E-state index is 11.7. The van der Waals surface area contributed by atoms with Gasteiger partial charge >= 0.3 is 0 Å². The molecule has 0 spiro atoms. The van der Waals surface area contributed by atoms with Crippen molar-refractivity contribution in [1.29, 1.82) is 0 Å². The molecule has 2 amide bonds. The highest BCUT2D eigenvalue weighted by Gasteiger charge is 2.26. The number of amides is 2. The lowest BCUT2D eigenvalue weighted by atomic mass is 10.2. The number of halogens is 1. The summed E-state index contributed by atoms with van der Waals surface area (Å²) in [5, 5.41) is 2.97. The molecule has 0 atom stereocenters. The molecule has 0 bridgehead atoms. The Kier molecular flexibility index (Phi) is 3.19. The van der Waals surface area contributed by atoms with Crippen LogP contribution in [-0.2, 0) is 9.59 Å². The number of methoxy groups -OCH3 is 1. The Bertz CT molecular complexity index is 476. The molecule has 0 aromatic heterocycles. The topological polar surface area (TPSA) is 58.6 Å². The highest BCUT2D eigenvalue weighted by molar-refractivity contribution is 6.31. The van der Waals surface area contributed by atoms with Crippen molar-refractivity contribution < 1.29 is 14.3 Å². The predicted molar refractivity (Wildman–Crippen MR) is 63.4 cm³/mol. The van der Waals surface area contributed by atoms with Gasteiger partial charge in [-0.15, -0.1) is 0 Å². The summed E-state index contributed by atoms with van der Waals surface area (Å²) in [4.78, 5) is 24.4. The molecule has 17 heavy (non-hydrogen) atoms. The van der Waals surface area contributed by atoms with Gasteiger partial charge in [-0.1, -0.05) is 11.6 Å². The Morgan fingerprint density at radius 1 is 1.41 bits per heavy atom. The SMILES string of the molecule is COc1ccc(Cl)cc1N1CC(=O)NCC1=O. The van der Waals surface area contributed by atoms with Crippen molar-refractivity contribution in [2.24, 2.45) is 0 Å². The van der Waals surface area contributed by atoms with E-state index >= 15 is 0 Å². The van der Waals surface area contributed by atoms with Gasteiger partial charge in [-0.3, -0.25) is 14.5 Å². The molecule has 0 unspecified atom stereocenters. The second-order valence-electron chi connectivity index (χ2n) is 3.57. The van der Waals surface area contributed by atoms with E-state index in [9.17, 15) is 9.59 Å². The minimum absolute atomic E-state index is 0.00546. The lowest BCUT2D eigenvalue weighted by Crippen LogP contribution is -2.51. The first-order chi connectivity index (χ1) is 8.11. The highest BCUT2D eigenvalue weighted by Crippen LogP contribution is 2.31. The average Bonchev–Trinajstić information content (AvgIpc) is 2.32. The first kappa shape index (κ1) is 11.7. The molecule has 0 aliphatic carbocycles. The fourth-order valence-electron chi connectivity index (χ4n) is 1.65. The molecule has 1 saturated heterocycles. The smallest absolute Gasteiger partial charge is 0.246 e. The van der Waals surface area contributed by atoms with E-state index in [0.29, 0.717) is 16.5 Å². The first-order valence-electron chi connectivity index (χ1n) is 5.02. The van der Waals surface area contributed by atoms with Gasteiger partial charge in [-0.25, -0.2) is 0 Å². The molecule has 6 heteroatoms. The van der Waals surface area contributed by atoms with Gasteiger partial charge in [0, 0.05) is 5.02 Å². The third-order valence-electron chi connectivity index (χ3n) is 2.47. The van der Waals surface area contributed by atoms with Gasteiger partial charge in [0.1, 0.15) is 12.3 Å². The van der Waals surface area contributed by atoms with Crippen LogP contribution in [0.2, 0.25) is 5.02 Å². The average molecular weight is 255 g/mol. The molecule has 1 aromatic carbocycles. The maximum atomic E-state index is 11.7. The van der Waals surface area contributed by atoms with Crippen LogP contribution >= 0.6 is 11.6 Å². The number of anilines is 1. The molecule has 1 N–H and O–H groups in total. The first-order valence-corrected chi connectivity index (χ1v) is 5.40. The zero-order chi connectivity index (χ0) is 12.4. The summed E-state index contributed by atoms with van der Waals surface area (Å²) in [5.74, 6) is 0.120. The zero-order valence-electron chi connectivity index (χ0n) is 9.20. The Morgan fingerprint density at radius 2 is 2.18 bits per heavy atom. The van der Waals surface area contributed by atoms with Crippen molar-refractivity contribution in [3.05, 3.63) is 23.2 Å². The molecule has 90 valence electrons. The second-order valence-corrected chi connectivity index (χ2v) is 4.01. The number of hydrogen-bond donors (Lipinski definition) is 1. The van der Waals surface area contributed by atoms with Crippen LogP contribution in [0, 0.1) is 0 Å². The molecule has 0 radical (unpaired) electrons. The molecular formula is C11H11ClN2O3. The highest BCUT2D eigenvalue weighted by atomic mass is 35.5. The second kappa shape index (κ2) is 4.63. The van der Waals surface area contributed by atoms with Crippen LogP contribution < -0.4 is 15.0 Å². The number of carbonyl (C=O) groups excluding carboxylic acids is 2. The van der Waals surface area contributed by atoms with E-state index in [-0.39, 0.29) is 24.9 Å². The third kappa shape index (κ3) is 2.34. The molecule has 5 nitrogen and oxygen atoms in total. The minimum Gasteiger partial charge on any atom is -0.495 e. The van der Waals surface area contributed by atoms with Crippen LogP contribution in [0.15, 0.2) is 18.2 Å². The van der Waals surface area contributed by atoms with E-state index in [2.05, 4.69) is 5.32 Å². The van der Waals surface area contributed by atoms with Crippen LogP contribution in [0.4, 0.5) is 5.69 Å². The zero-order valence-corrected chi connectivity index (χ0v) is 9.95. The number of carbonyl (C=O) groups is 2. The molecule has 1 aliphatic heterocycles. The molecule has 1 aliphatic rings. The normalized spacial score (nSPS) is 15.8. The van der Waals surface area contributed by atoms with E-state index < -0.39 is 0 Å². The Balaban J connectivity index is 2.40. The van der Waals surface area contributed by atoms with Gasteiger partial charge in [0.2, 0.25) is 11.8 Å². The quantitative estimate of drug-likeness (QED) is 0.850. The Labute approximate surface area is 103 Å². The number of nitrogens with zero attached hydrogens (tertiary/aromatic N) is 1. The number of hydrogen-bond acceptors (Lipinski definition) is 3. The standard InChI is InChI=1S/C11H11ClN2O3/c1-17-9-3-2-7(12)4-8(9)14-6-10(15)13-5-11(14)16/h2-4H,5-6H2,1H3,(H,13,15). The molecular weight excluding hydrogens is 244 g/mol. The van der Waals surface area contributed by atoms with Crippen LogP contribution in [0.5, 0.6) is 5.75 Å². The minimum atomic E-state index is -0.202. The fourth-order valence-corrected chi connectivity index (χ4v) is 1.82. The monoisotopic (exact) mass is 254 g/mol. The van der Waals surface area contributed by atoms with Crippen LogP contribution in [0.1, 0.15) is 0 Å². The third-order valence-corrected chi connectivity index (χ3v) is 2.71. The van der Waals surface area contributed by atoms with Crippen molar-refractivity contribution >= 4 is 29.1 Å². The van der Waals surface area contributed by atoms with Crippen molar-refractivity contribution in [2.75, 3.05) is 25.1 Å². The summed E-state index contributed by atoms with van der Waals surface area (Å²) in [7, 11) is 1.50. The van der Waals surface area contributed by atoms with Crippen LogP contribution in [0.3, 0.4) is 0 Å². The summed E-state index contributed by atoms with van der Waals surface area (Å²) in [6.07, 6.45) is 0. The van der Waals surface area contributed by atoms with Gasteiger partial charge in [0.05, 0.1) is 19.3 Å². The summed E-state index contributed by atoms with van der Waals surface area (Å²) >= 11 is 5.88. The number of rotatable bonds is 2. The van der Waals surface area contributed by atoms with Crippen molar-refractivity contribution in [3.8, 4) is 5.75 Å². The number of ether oxygens (including phenoxy) is 1. The maximum Gasteiger partial charge on any atom is 0.246 e. The Morgan fingerprint density at radius 3 is 2.88 bits per heavy atom. The fraction of sp³-hybridized carbons (Fsp3) is 0.273. The van der Waals surface area contributed by atoms with Gasteiger partial charge in [-0.2, -0.15) is 0 Å². The molecule has 2 rings (SSSR count). The van der Waals surface area contributed by atoms with E-state index in [1.54, 1.807) is 18.2 Å². The van der Waals surface area contributed by atoms with Gasteiger partial charge in [0.25, 0.3) is 0 Å². The van der Waals surface area contributed by atoms with Crippen molar-refractivity contribution in [3.63, 3.8) is 0 Å². The van der Waals surface area contributed by atoms with E-state index in [0.717, 1.165) is 0 Å². The molecule has 1 aromatic rings. The summed E-state index contributed by atoms with van der Waals surface area (Å²) in [6, 6.07) is 4.94. The van der Waals surface area contributed by atoms with E-state index in [4.69, 9.17) is 16.3 Å². The molecule has 1 heterocycles. The van der Waals surface area contributed by atoms with Crippen LogP contribution in [-0.4, -0.2) is 32.0 Å². The Hall–Kier alpha value is -1.75. The van der Waals surface area contributed by atoms with E-state index in [1.807, 2.05) is 0 Å². The lowest BCUT2D eigenvalue weighted by Gasteiger charge is -2.27. The summed E-state index contributed by atoms with van der Waals surface area (Å²) < 4.78 is 5.15. The number of piperazine rings is 1. The number of benzene rings is 1. The van der Waals surface area contributed by atoms with Gasteiger partial charge in [-0.05, 0) is 18.2 Å².